The highest BCUT2D eigenvalue weighted by Crippen LogP contribution is 2.27. The Hall–Kier alpha value is -1.56. The zero-order valence-corrected chi connectivity index (χ0v) is 11.7. The minimum atomic E-state index is -0.871. The van der Waals surface area contributed by atoms with E-state index in [-0.39, 0.29) is 31.1 Å². The fourth-order valence-electron chi connectivity index (χ4n) is 1.93. The summed E-state index contributed by atoms with van der Waals surface area (Å²) >= 11 is 1.60. The van der Waals surface area contributed by atoms with Gasteiger partial charge in [-0.05, 0) is 31.2 Å². The van der Waals surface area contributed by atoms with Gasteiger partial charge in [0.05, 0.1) is 12.5 Å². The van der Waals surface area contributed by atoms with Crippen molar-refractivity contribution in [2.24, 2.45) is 0 Å². The topological polar surface area (TPSA) is 69.6 Å². The number of hydrogen-bond acceptors (Lipinski definition) is 3. The van der Waals surface area contributed by atoms with Crippen molar-refractivity contribution in [1.82, 2.24) is 10.2 Å². The zero-order valence-electron chi connectivity index (χ0n) is 10.8. The lowest BCUT2D eigenvalue weighted by atomic mass is 10.3. The first-order valence-corrected chi connectivity index (χ1v) is 7.28. The summed E-state index contributed by atoms with van der Waals surface area (Å²) in [4.78, 5) is 25.5. The van der Waals surface area contributed by atoms with Crippen LogP contribution in [-0.2, 0) is 4.79 Å². The fraction of sp³-hybridized carbons (Fsp3) is 0.538. The molecule has 2 N–H and O–H groups in total. The van der Waals surface area contributed by atoms with E-state index in [9.17, 15) is 9.59 Å². The molecule has 5 nitrogen and oxygen atoms in total. The number of carbonyl (C=O) groups is 2. The smallest absolute Gasteiger partial charge is 0.318 e. The number of thiophene rings is 1. The van der Waals surface area contributed by atoms with Crippen LogP contribution in [0.5, 0.6) is 0 Å². The summed E-state index contributed by atoms with van der Waals surface area (Å²) in [5.74, 6) is -0.871. The maximum Gasteiger partial charge on any atom is 0.318 e. The van der Waals surface area contributed by atoms with Gasteiger partial charge >= 0.3 is 12.0 Å². The number of carboxylic acid groups (broad SMARTS) is 1. The average Bonchev–Trinajstić information content (AvgIpc) is 3.03. The lowest BCUT2D eigenvalue weighted by Gasteiger charge is -2.24. The van der Waals surface area contributed by atoms with Gasteiger partial charge in [-0.25, -0.2) is 4.79 Å². The van der Waals surface area contributed by atoms with Crippen LogP contribution in [0.15, 0.2) is 17.5 Å². The lowest BCUT2D eigenvalue weighted by molar-refractivity contribution is -0.137. The summed E-state index contributed by atoms with van der Waals surface area (Å²) in [6, 6.07) is 3.94. The number of nitrogens with zero attached hydrogens (tertiary/aromatic N) is 1. The van der Waals surface area contributed by atoms with Crippen molar-refractivity contribution in [2.75, 3.05) is 6.54 Å². The summed E-state index contributed by atoms with van der Waals surface area (Å²) in [5.41, 5.74) is 0. The van der Waals surface area contributed by atoms with E-state index in [2.05, 4.69) is 5.32 Å². The molecule has 104 valence electrons. The van der Waals surface area contributed by atoms with E-state index in [4.69, 9.17) is 5.11 Å². The van der Waals surface area contributed by atoms with Gasteiger partial charge in [0.25, 0.3) is 0 Å². The molecule has 1 aromatic heterocycles. The normalized spacial score (nSPS) is 15.8. The number of rotatable bonds is 6. The highest BCUT2D eigenvalue weighted by molar-refractivity contribution is 7.10. The summed E-state index contributed by atoms with van der Waals surface area (Å²) in [5, 5.41) is 13.6. The third-order valence-electron chi connectivity index (χ3n) is 3.13. The van der Waals surface area contributed by atoms with Crippen molar-refractivity contribution in [3.05, 3.63) is 22.4 Å². The minimum Gasteiger partial charge on any atom is -0.481 e. The number of amides is 2. The molecule has 0 radical (unpaired) electrons. The van der Waals surface area contributed by atoms with Crippen molar-refractivity contribution in [2.45, 2.75) is 38.3 Å². The molecule has 1 aromatic rings. The molecule has 1 fully saturated rings. The van der Waals surface area contributed by atoms with Crippen LogP contribution < -0.4 is 5.32 Å². The van der Waals surface area contributed by atoms with Crippen LogP contribution in [-0.4, -0.2) is 34.6 Å². The molecular formula is C13H18N2O3S. The molecule has 0 bridgehead atoms. The fourth-order valence-corrected chi connectivity index (χ4v) is 2.66. The van der Waals surface area contributed by atoms with E-state index >= 15 is 0 Å². The van der Waals surface area contributed by atoms with Crippen molar-refractivity contribution >= 4 is 23.3 Å². The number of aliphatic carboxylic acids is 1. The Bertz CT molecular complexity index is 443. The molecule has 0 aliphatic heterocycles. The molecule has 2 amide bonds. The van der Waals surface area contributed by atoms with Gasteiger partial charge in [-0.3, -0.25) is 4.79 Å². The van der Waals surface area contributed by atoms with Gasteiger partial charge in [-0.1, -0.05) is 6.07 Å². The van der Waals surface area contributed by atoms with Crippen LogP contribution in [0.25, 0.3) is 0 Å². The Kier molecular flexibility index (Phi) is 4.42. The van der Waals surface area contributed by atoms with Crippen molar-refractivity contribution in [3.8, 4) is 0 Å². The molecule has 2 rings (SSSR count). The first-order valence-electron chi connectivity index (χ1n) is 6.40. The van der Waals surface area contributed by atoms with E-state index in [1.165, 1.54) is 0 Å². The molecule has 1 unspecified atom stereocenters. The molecule has 1 atom stereocenters. The number of carbonyl (C=O) groups excluding carboxylic acids is 1. The molecule has 0 saturated heterocycles. The Morgan fingerprint density at radius 2 is 2.32 bits per heavy atom. The van der Waals surface area contributed by atoms with Crippen molar-refractivity contribution in [1.29, 1.82) is 0 Å². The molecule has 6 heteroatoms. The highest BCUT2D eigenvalue weighted by Gasteiger charge is 2.33. The van der Waals surface area contributed by atoms with Gasteiger partial charge < -0.3 is 15.3 Å². The molecule has 1 saturated carbocycles. The minimum absolute atomic E-state index is 0.00268. The maximum absolute atomic E-state index is 12.2. The van der Waals surface area contributed by atoms with E-state index in [1.54, 1.807) is 16.2 Å². The first-order chi connectivity index (χ1) is 9.08. The SMILES string of the molecule is CC(NC(=O)N(CCC(=O)O)C1CC1)c1cccs1. The maximum atomic E-state index is 12.2. The molecule has 1 aliphatic carbocycles. The van der Waals surface area contributed by atoms with Crippen LogP contribution in [0, 0.1) is 0 Å². The Labute approximate surface area is 116 Å². The van der Waals surface area contributed by atoms with E-state index in [0.717, 1.165) is 17.7 Å². The highest BCUT2D eigenvalue weighted by atomic mass is 32.1. The van der Waals surface area contributed by atoms with Gasteiger partial charge in [-0.15, -0.1) is 11.3 Å². The monoisotopic (exact) mass is 282 g/mol. The Morgan fingerprint density at radius 1 is 1.58 bits per heavy atom. The lowest BCUT2D eigenvalue weighted by Crippen LogP contribution is -2.43. The molecule has 1 heterocycles. The van der Waals surface area contributed by atoms with Crippen LogP contribution in [0.2, 0.25) is 0 Å². The summed E-state index contributed by atoms with van der Waals surface area (Å²) < 4.78 is 0. The molecule has 19 heavy (non-hydrogen) atoms. The standard InChI is InChI=1S/C13H18N2O3S/c1-9(11-3-2-8-19-11)14-13(18)15(10-4-5-10)7-6-12(16)17/h2-3,8-10H,4-7H2,1H3,(H,14,18)(H,16,17). The van der Waals surface area contributed by atoms with Crippen LogP contribution >= 0.6 is 11.3 Å². The average molecular weight is 282 g/mol. The van der Waals surface area contributed by atoms with Crippen molar-refractivity contribution < 1.29 is 14.7 Å². The van der Waals surface area contributed by atoms with Gasteiger partial charge in [0.15, 0.2) is 0 Å². The van der Waals surface area contributed by atoms with Gasteiger partial charge in [0.2, 0.25) is 0 Å². The number of nitrogens with one attached hydrogen (secondary N) is 1. The molecular weight excluding hydrogens is 264 g/mol. The third kappa shape index (κ3) is 3.96. The second-order valence-electron chi connectivity index (χ2n) is 4.75. The number of hydrogen-bond donors (Lipinski definition) is 2. The van der Waals surface area contributed by atoms with Gasteiger partial charge in [0.1, 0.15) is 0 Å². The predicted octanol–water partition coefficient (Wildman–Crippen LogP) is 2.46. The van der Waals surface area contributed by atoms with E-state index in [0.29, 0.717) is 0 Å². The largest absolute Gasteiger partial charge is 0.481 e. The Balaban J connectivity index is 1.90. The molecule has 1 aliphatic rings. The van der Waals surface area contributed by atoms with Crippen LogP contribution in [0.4, 0.5) is 4.79 Å². The molecule has 0 spiro atoms. The number of urea groups is 1. The number of carboxylic acids is 1. The second-order valence-corrected chi connectivity index (χ2v) is 5.73. The summed E-state index contributed by atoms with van der Waals surface area (Å²) in [6.45, 7) is 2.22. The predicted molar refractivity (Wildman–Crippen MR) is 73.2 cm³/mol. The third-order valence-corrected chi connectivity index (χ3v) is 4.18. The van der Waals surface area contributed by atoms with Crippen LogP contribution in [0.1, 0.15) is 37.1 Å². The van der Waals surface area contributed by atoms with E-state index < -0.39 is 5.97 Å². The van der Waals surface area contributed by atoms with Crippen molar-refractivity contribution in [3.63, 3.8) is 0 Å². The second kappa shape index (κ2) is 6.06. The summed E-state index contributed by atoms with van der Waals surface area (Å²) in [7, 11) is 0. The first kappa shape index (κ1) is 13.9. The van der Waals surface area contributed by atoms with Gasteiger partial charge in [-0.2, -0.15) is 0 Å². The zero-order chi connectivity index (χ0) is 13.8. The van der Waals surface area contributed by atoms with Gasteiger partial charge in [0, 0.05) is 17.5 Å². The molecule has 0 aromatic carbocycles. The van der Waals surface area contributed by atoms with Crippen LogP contribution in [0.3, 0.4) is 0 Å². The van der Waals surface area contributed by atoms with E-state index in [1.807, 2.05) is 24.4 Å². The summed E-state index contributed by atoms with van der Waals surface area (Å²) in [6.07, 6.45) is 1.94. The Morgan fingerprint density at radius 3 is 2.84 bits per heavy atom. The quantitative estimate of drug-likeness (QED) is 0.842.